The largest absolute Gasteiger partial charge is 0.478 e. The third kappa shape index (κ3) is 3.00. The molecule has 3 nitrogen and oxygen atoms in total. The zero-order chi connectivity index (χ0) is 9.84. The number of aromatic nitrogens is 1. The van der Waals surface area contributed by atoms with Crippen molar-refractivity contribution in [2.75, 3.05) is 0 Å². The number of rotatable bonds is 4. The minimum Gasteiger partial charge on any atom is -0.478 e. The lowest BCUT2D eigenvalue weighted by Gasteiger charge is -2.02. The highest BCUT2D eigenvalue weighted by Gasteiger charge is 2.12. The smallest absolute Gasteiger partial charge is 0.338 e. The number of thioether (sulfide) groups is 1. The summed E-state index contributed by atoms with van der Waals surface area (Å²) >= 11 is 3.00. The minimum absolute atomic E-state index is 0.346. The molecule has 1 heterocycles. The van der Waals surface area contributed by atoms with E-state index in [9.17, 15) is 4.79 Å². The first-order valence-electron chi connectivity index (χ1n) is 3.89. The maximum Gasteiger partial charge on any atom is 0.338 e. The second kappa shape index (κ2) is 4.62. The summed E-state index contributed by atoms with van der Waals surface area (Å²) in [5.41, 5.74) is 0.346. The normalized spacial score (nSPS) is 10.7. The lowest BCUT2D eigenvalue weighted by Crippen LogP contribution is -1.98. The van der Waals surface area contributed by atoms with Gasteiger partial charge in [-0.25, -0.2) is 4.79 Å². The van der Waals surface area contributed by atoms with Gasteiger partial charge in [0.25, 0.3) is 0 Å². The van der Waals surface area contributed by atoms with Crippen LogP contribution in [0.15, 0.2) is 6.20 Å². The van der Waals surface area contributed by atoms with Crippen LogP contribution in [-0.4, -0.2) is 20.7 Å². The molecule has 0 unspecified atom stereocenters. The first-order valence-corrected chi connectivity index (χ1v) is 5.72. The topological polar surface area (TPSA) is 50.2 Å². The molecule has 72 valence electrons. The van der Waals surface area contributed by atoms with E-state index in [1.54, 1.807) is 11.8 Å². The molecule has 13 heavy (non-hydrogen) atoms. The summed E-state index contributed by atoms with van der Waals surface area (Å²) in [4.78, 5) is 11.5. The Labute approximate surface area is 85.3 Å². The van der Waals surface area contributed by atoms with Crippen LogP contribution in [-0.2, 0) is 5.75 Å². The fourth-order valence-corrected chi connectivity index (χ4v) is 2.36. The monoisotopic (exact) mass is 217 g/mol. The number of carbonyl (C=O) groups is 1. The predicted octanol–water partition coefficient (Wildman–Crippen LogP) is 2.48. The molecule has 5 heteroatoms. The van der Waals surface area contributed by atoms with Crippen LogP contribution in [0.4, 0.5) is 0 Å². The van der Waals surface area contributed by atoms with Crippen molar-refractivity contribution in [1.29, 1.82) is 0 Å². The maximum absolute atomic E-state index is 10.7. The Bertz CT molecular complexity index is 296. The molecule has 0 saturated carbocycles. The van der Waals surface area contributed by atoms with Gasteiger partial charge in [-0.2, -0.15) is 16.1 Å². The molecule has 1 rings (SSSR count). The Morgan fingerprint density at radius 2 is 2.46 bits per heavy atom. The molecular formula is C8H11NO2S2. The molecule has 0 aromatic carbocycles. The van der Waals surface area contributed by atoms with E-state index >= 15 is 0 Å². The Kier molecular flexibility index (Phi) is 3.74. The summed E-state index contributed by atoms with van der Waals surface area (Å²) in [5, 5.41) is 9.29. The van der Waals surface area contributed by atoms with Gasteiger partial charge in [-0.05, 0) is 16.8 Å². The Morgan fingerprint density at radius 3 is 3.00 bits per heavy atom. The number of hydrogen-bond donors (Lipinski definition) is 1. The van der Waals surface area contributed by atoms with Crippen LogP contribution < -0.4 is 0 Å². The third-order valence-corrected chi connectivity index (χ3v) is 3.52. The third-order valence-electron chi connectivity index (χ3n) is 1.42. The van der Waals surface area contributed by atoms with Crippen molar-refractivity contribution in [1.82, 2.24) is 4.37 Å². The molecular weight excluding hydrogens is 206 g/mol. The second-order valence-corrected chi connectivity index (χ2v) is 5.28. The molecule has 0 fully saturated rings. The average molecular weight is 217 g/mol. The van der Waals surface area contributed by atoms with E-state index in [2.05, 4.69) is 18.2 Å². The molecule has 0 bridgehead atoms. The van der Waals surface area contributed by atoms with Gasteiger partial charge in [0.2, 0.25) is 0 Å². The number of carboxylic acid groups (broad SMARTS) is 1. The van der Waals surface area contributed by atoms with Crippen LogP contribution in [0.5, 0.6) is 0 Å². The molecule has 0 amide bonds. The Morgan fingerprint density at radius 1 is 1.77 bits per heavy atom. The molecule has 1 N–H and O–H groups in total. The molecule has 0 aliphatic carbocycles. The fourth-order valence-electron chi connectivity index (χ4n) is 0.785. The lowest BCUT2D eigenvalue weighted by molar-refractivity contribution is 0.0696. The molecule has 0 radical (unpaired) electrons. The van der Waals surface area contributed by atoms with E-state index in [0.29, 0.717) is 10.8 Å². The van der Waals surface area contributed by atoms with Gasteiger partial charge >= 0.3 is 5.97 Å². The maximum atomic E-state index is 10.7. The first-order chi connectivity index (χ1) is 6.11. The molecule has 0 atom stereocenters. The zero-order valence-corrected chi connectivity index (χ0v) is 9.11. The van der Waals surface area contributed by atoms with Gasteiger partial charge in [0.15, 0.2) is 0 Å². The van der Waals surface area contributed by atoms with Crippen LogP contribution in [0.1, 0.15) is 29.1 Å². The Balaban J connectivity index is 2.65. The van der Waals surface area contributed by atoms with Gasteiger partial charge in [0.05, 0.1) is 11.8 Å². The van der Waals surface area contributed by atoms with Crippen molar-refractivity contribution in [2.24, 2.45) is 0 Å². The molecule has 1 aromatic heterocycles. The summed E-state index contributed by atoms with van der Waals surface area (Å²) in [6, 6.07) is 0. The minimum atomic E-state index is -0.881. The number of aromatic carboxylic acids is 1. The molecule has 0 spiro atoms. The summed E-state index contributed by atoms with van der Waals surface area (Å²) in [5.74, 6) is -0.141. The SMILES string of the molecule is CC(C)SCc1sncc1C(=O)O. The van der Waals surface area contributed by atoms with Gasteiger partial charge in [-0.15, -0.1) is 0 Å². The summed E-state index contributed by atoms with van der Waals surface area (Å²) in [7, 11) is 0. The van der Waals surface area contributed by atoms with Crippen LogP contribution in [0, 0.1) is 0 Å². The highest BCUT2D eigenvalue weighted by Crippen LogP contribution is 2.22. The molecule has 1 aromatic rings. The van der Waals surface area contributed by atoms with E-state index in [1.807, 2.05) is 0 Å². The lowest BCUT2D eigenvalue weighted by atomic mass is 10.3. The van der Waals surface area contributed by atoms with Crippen molar-refractivity contribution in [3.63, 3.8) is 0 Å². The van der Waals surface area contributed by atoms with Crippen LogP contribution in [0.2, 0.25) is 0 Å². The zero-order valence-electron chi connectivity index (χ0n) is 7.48. The summed E-state index contributed by atoms with van der Waals surface area (Å²) in [6.45, 7) is 4.18. The first kappa shape index (κ1) is 10.5. The quantitative estimate of drug-likeness (QED) is 0.841. The number of hydrogen-bond acceptors (Lipinski definition) is 4. The summed E-state index contributed by atoms with van der Waals surface area (Å²) in [6.07, 6.45) is 1.42. The van der Waals surface area contributed by atoms with E-state index < -0.39 is 5.97 Å². The summed E-state index contributed by atoms with van der Waals surface area (Å²) < 4.78 is 3.87. The van der Waals surface area contributed by atoms with Gasteiger partial charge in [0, 0.05) is 10.6 Å². The van der Waals surface area contributed by atoms with Crippen LogP contribution >= 0.6 is 23.3 Å². The second-order valence-electron chi connectivity index (χ2n) is 2.83. The van der Waals surface area contributed by atoms with Gasteiger partial charge in [-0.3, -0.25) is 0 Å². The fraction of sp³-hybridized carbons (Fsp3) is 0.500. The van der Waals surface area contributed by atoms with Crippen molar-refractivity contribution >= 4 is 29.3 Å². The standard InChI is InChI=1S/C8H11NO2S2/c1-5(2)12-4-7-6(8(10)11)3-9-13-7/h3,5H,4H2,1-2H3,(H,10,11). The van der Waals surface area contributed by atoms with Crippen LogP contribution in [0.3, 0.4) is 0 Å². The van der Waals surface area contributed by atoms with Crippen molar-refractivity contribution < 1.29 is 9.90 Å². The van der Waals surface area contributed by atoms with E-state index in [1.165, 1.54) is 17.7 Å². The van der Waals surface area contributed by atoms with E-state index in [4.69, 9.17) is 5.11 Å². The molecule has 0 saturated heterocycles. The van der Waals surface area contributed by atoms with Crippen molar-refractivity contribution in [3.05, 3.63) is 16.6 Å². The van der Waals surface area contributed by atoms with Gasteiger partial charge in [0.1, 0.15) is 0 Å². The van der Waals surface area contributed by atoms with Crippen LogP contribution in [0.25, 0.3) is 0 Å². The number of carboxylic acids is 1. The predicted molar refractivity (Wildman–Crippen MR) is 55.5 cm³/mol. The van der Waals surface area contributed by atoms with Crippen molar-refractivity contribution in [3.8, 4) is 0 Å². The highest BCUT2D eigenvalue weighted by molar-refractivity contribution is 7.99. The van der Waals surface area contributed by atoms with Crippen molar-refractivity contribution in [2.45, 2.75) is 24.9 Å². The molecule has 0 aliphatic heterocycles. The Hall–Kier alpha value is -0.550. The number of nitrogens with zero attached hydrogens (tertiary/aromatic N) is 1. The van der Waals surface area contributed by atoms with Gasteiger partial charge in [-0.1, -0.05) is 13.8 Å². The van der Waals surface area contributed by atoms with E-state index in [0.717, 1.165) is 10.6 Å². The average Bonchev–Trinajstić information content (AvgIpc) is 2.47. The van der Waals surface area contributed by atoms with Gasteiger partial charge < -0.3 is 5.11 Å². The van der Waals surface area contributed by atoms with E-state index in [-0.39, 0.29) is 0 Å². The highest BCUT2D eigenvalue weighted by atomic mass is 32.2. The molecule has 0 aliphatic rings.